The van der Waals surface area contributed by atoms with Crippen molar-refractivity contribution < 1.29 is 0 Å². The van der Waals surface area contributed by atoms with Gasteiger partial charge in [-0.1, -0.05) is 37.6 Å². The van der Waals surface area contributed by atoms with Crippen LogP contribution in [-0.4, -0.2) is 16.3 Å². The molecule has 114 valence electrons. The summed E-state index contributed by atoms with van der Waals surface area (Å²) in [4.78, 5) is 0. The molecule has 2 rings (SSSR count). The zero-order chi connectivity index (χ0) is 15.4. The lowest BCUT2D eigenvalue weighted by Gasteiger charge is -2.09. The van der Waals surface area contributed by atoms with E-state index in [2.05, 4.69) is 43.3 Å². The van der Waals surface area contributed by atoms with Crippen molar-refractivity contribution in [2.45, 2.75) is 40.8 Å². The number of nitrogens with one attached hydrogen (secondary N) is 1. The van der Waals surface area contributed by atoms with Gasteiger partial charge in [0.2, 0.25) is 0 Å². The average Bonchev–Trinajstić information content (AvgIpc) is 2.74. The van der Waals surface area contributed by atoms with E-state index in [0.717, 1.165) is 30.2 Å². The van der Waals surface area contributed by atoms with Crippen molar-refractivity contribution >= 4 is 11.6 Å². The van der Waals surface area contributed by atoms with E-state index in [-0.39, 0.29) is 0 Å². The van der Waals surface area contributed by atoms with E-state index in [1.54, 1.807) is 0 Å². The number of aryl methyl sites for hydroxylation is 1. The maximum Gasteiger partial charge on any atom is 0.0677 e. The fraction of sp³-hybridized carbons (Fsp3) is 0.471. The van der Waals surface area contributed by atoms with E-state index in [9.17, 15) is 0 Å². The molecule has 4 heteroatoms. The monoisotopic (exact) mass is 305 g/mol. The van der Waals surface area contributed by atoms with Gasteiger partial charge in [-0.25, -0.2) is 0 Å². The lowest BCUT2D eigenvalue weighted by atomic mass is 10.1. The van der Waals surface area contributed by atoms with Gasteiger partial charge in [0.1, 0.15) is 0 Å². The van der Waals surface area contributed by atoms with Crippen molar-refractivity contribution in [2.24, 2.45) is 5.92 Å². The van der Waals surface area contributed by atoms with Gasteiger partial charge in [0.25, 0.3) is 0 Å². The Kier molecular flexibility index (Phi) is 5.43. The molecular weight excluding hydrogens is 282 g/mol. The highest BCUT2D eigenvalue weighted by Gasteiger charge is 2.09. The number of hydrogen-bond donors (Lipinski definition) is 1. The van der Waals surface area contributed by atoms with Crippen molar-refractivity contribution in [1.82, 2.24) is 15.1 Å². The van der Waals surface area contributed by atoms with Crippen LogP contribution in [-0.2, 0) is 13.1 Å². The predicted octanol–water partition coefficient (Wildman–Crippen LogP) is 3.95. The second-order valence-electron chi connectivity index (χ2n) is 6.03. The van der Waals surface area contributed by atoms with Crippen molar-refractivity contribution in [3.05, 3.63) is 51.8 Å². The molecular formula is C17H24ClN3. The summed E-state index contributed by atoms with van der Waals surface area (Å²) in [7, 11) is 0. The van der Waals surface area contributed by atoms with Crippen LogP contribution in [0.1, 0.15) is 36.2 Å². The van der Waals surface area contributed by atoms with E-state index in [1.165, 1.54) is 16.8 Å². The number of aromatic nitrogens is 2. The smallest absolute Gasteiger partial charge is 0.0677 e. The molecule has 0 spiro atoms. The van der Waals surface area contributed by atoms with Gasteiger partial charge in [-0.3, -0.25) is 4.68 Å². The molecule has 0 unspecified atom stereocenters. The first-order valence-electron chi connectivity index (χ1n) is 7.44. The maximum absolute atomic E-state index is 6.30. The molecule has 2 aromatic rings. The molecule has 0 fully saturated rings. The van der Waals surface area contributed by atoms with Gasteiger partial charge >= 0.3 is 0 Å². The van der Waals surface area contributed by atoms with Crippen LogP contribution in [0.4, 0.5) is 0 Å². The van der Waals surface area contributed by atoms with Crippen LogP contribution in [0.2, 0.25) is 5.02 Å². The third-order valence-electron chi connectivity index (χ3n) is 3.60. The Morgan fingerprint density at radius 2 is 2.00 bits per heavy atom. The zero-order valence-electron chi connectivity index (χ0n) is 13.3. The first kappa shape index (κ1) is 16.1. The van der Waals surface area contributed by atoms with E-state index >= 15 is 0 Å². The predicted molar refractivity (Wildman–Crippen MR) is 88.8 cm³/mol. The molecule has 0 atom stereocenters. The highest BCUT2D eigenvalue weighted by Crippen LogP contribution is 2.19. The lowest BCUT2D eigenvalue weighted by molar-refractivity contribution is 0.551. The van der Waals surface area contributed by atoms with E-state index in [0.29, 0.717) is 5.92 Å². The van der Waals surface area contributed by atoms with Crippen LogP contribution in [0.15, 0.2) is 24.4 Å². The summed E-state index contributed by atoms with van der Waals surface area (Å²) in [6.07, 6.45) is 1.95. The lowest BCUT2D eigenvalue weighted by Crippen LogP contribution is -2.19. The zero-order valence-corrected chi connectivity index (χ0v) is 14.0. The minimum atomic E-state index is 0.659. The largest absolute Gasteiger partial charge is 0.312 e. The van der Waals surface area contributed by atoms with Crippen LogP contribution in [0.25, 0.3) is 0 Å². The van der Waals surface area contributed by atoms with Crippen LogP contribution in [0.3, 0.4) is 0 Å². The molecule has 0 amide bonds. The van der Waals surface area contributed by atoms with E-state index < -0.39 is 0 Å². The molecule has 3 nitrogen and oxygen atoms in total. The Hall–Kier alpha value is -1.32. The molecule has 0 radical (unpaired) electrons. The summed E-state index contributed by atoms with van der Waals surface area (Å²) in [6, 6.07) is 6.17. The second-order valence-corrected chi connectivity index (χ2v) is 6.44. The molecule has 1 aromatic heterocycles. The van der Waals surface area contributed by atoms with Gasteiger partial charge < -0.3 is 5.32 Å². The summed E-state index contributed by atoms with van der Waals surface area (Å²) < 4.78 is 2.02. The second kappa shape index (κ2) is 7.10. The van der Waals surface area contributed by atoms with Gasteiger partial charge in [-0.15, -0.1) is 0 Å². The van der Waals surface area contributed by atoms with Gasteiger partial charge in [0.15, 0.2) is 0 Å². The molecule has 1 heterocycles. The number of hydrogen-bond acceptors (Lipinski definition) is 2. The highest BCUT2D eigenvalue weighted by molar-refractivity contribution is 6.31. The van der Waals surface area contributed by atoms with Crippen LogP contribution < -0.4 is 5.32 Å². The average molecular weight is 306 g/mol. The number of rotatable bonds is 6. The first-order chi connectivity index (χ1) is 9.97. The molecule has 1 aromatic carbocycles. The van der Waals surface area contributed by atoms with Crippen molar-refractivity contribution in [3.8, 4) is 0 Å². The summed E-state index contributed by atoms with van der Waals surface area (Å²) >= 11 is 6.30. The van der Waals surface area contributed by atoms with E-state index in [4.69, 9.17) is 11.6 Å². The van der Waals surface area contributed by atoms with Gasteiger partial charge in [-0.05, 0) is 43.5 Å². The SMILES string of the molecule is Cc1ccc(Cn2ncc(CNCC(C)C)c2C)c(Cl)c1. The summed E-state index contributed by atoms with van der Waals surface area (Å²) in [5.74, 6) is 0.659. The third-order valence-corrected chi connectivity index (χ3v) is 3.95. The molecule has 0 aliphatic heterocycles. The molecule has 0 saturated carbocycles. The van der Waals surface area contributed by atoms with Gasteiger partial charge in [0.05, 0.1) is 12.7 Å². The molecule has 0 aliphatic rings. The Bertz CT molecular complexity index is 602. The molecule has 21 heavy (non-hydrogen) atoms. The molecule has 0 aliphatic carbocycles. The Labute approximate surface area is 132 Å². The fourth-order valence-electron chi connectivity index (χ4n) is 2.26. The van der Waals surface area contributed by atoms with Crippen molar-refractivity contribution in [2.75, 3.05) is 6.54 Å². The van der Waals surface area contributed by atoms with Crippen molar-refractivity contribution in [3.63, 3.8) is 0 Å². The minimum Gasteiger partial charge on any atom is -0.312 e. The normalized spacial score (nSPS) is 11.3. The van der Waals surface area contributed by atoms with Crippen molar-refractivity contribution in [1.29, 1.82) is 0 Å². The first-order valence-corrected chi connectivity index (χ1v) is 7.82. The molecule has 1 N–H and O–H groups in total. The topological polar surface area (TPSA) is 29.9 Å². The number of nitrogens with zero attached hydrogens (tertiary/aromatic N) is 2. The molecule has 0 bridgehead atoms. The van der Waals surface area contributed by atoms with Crippen LogP contribution >= 0.6 is 11.6 Å². The number of benzene rings is 1. The number of halogens is 1. The van der Waals surface area contributed by atoms with Gasteiger partial charge in [0, 0.05) is 22.8 Å². The fourth-order valence-corrected chi connectivity index (χ4v) is 2.55. The highest BCUT2D eigenvalue weighted by atomic mass is 35.5. The van der Waals surface area contributed by atoms with E-state index in [1.807, 2.05) is 23.9 Å². The summed E-state index contributed by atoms with van der Waals surface area (Å²) in [6.45, 7) is 11.2. The Balaban J connectivity index is 2.06. The third kappa shape index (κ3) is 4.32. The standard InChI is InChI=1S/C17H24ClN3/c1-12(2)8-19-9-16-10-20-21(14(16)4)11-15-6-5-13(3)7-17(15)18/h5-7,10,12,19H,8-9,11H2,1-4H3. The summed E-state index contributed by atoms with van der Waals surface area (Å²) in [5.41, 5.74) is 4.73. The quantitative estimate of drug-likeness (QED) is 0.876. The summed E-state index contributed by atoms with van der Waals surface area (Å²) in [5, 5.41) is 8.76. The minimum absolute atomic E-state index is 0.659. The molecule has 0 saturated heterocycles. The Morgan fingerprint density at radius 3 is 2.67 bits per heavy atom. The van der Waals surface area contributed by atoms with Crippen LogP contribution in [0.5, 0.6) is 0 Å². The Morgan fingerprint density at radius 1 is 1.24 bits per heavy atom. The van der Waals surface area contributed by atoms with Gasteiger partial charge in [-0.2, -0.15) is 5.10 Å². The van der Waals surface area contributed by atoms with Crippen LogP contribution in [0, 0.1) is 19.8 Å². The maximum atomic E-state index is 6.30.